The van der Waals surface area contributed by atoms with Gasteiger partial charge in [0.05, 0.1) is 13.2 Å². The molecule has 0 aromatic carbocycles. The number of phosphoric acid groups is 1. The van der Waals surface area contributed by atoms with Gasteiger partial charge in [0, 0.05) is 19.3 Å². The van der Waals surface area contributed by atoms with Gasteiger partial charge in [-0.2, -0.15) is 0 Å². The summed E-state index contributed by atoms with van der Waals surface area (Å²) in [5, 5.41) is 8.85. The van der Waals surface area contributed by atoms with Crippen LogP contribution in [0.1, 0.15) is 149 Å². The van der Waals surface area contributed by atoms with E-state index in [0.29, 0.717) is 19.3 Å². The Labute approximate surface area is 306 Å². The zero-order valence-corrected chi connectivity index (χ0v) is 32.1. The monoisotopic (exact) mass is 743 g/mol. The van der Waals surface area contributed by atoms with Gasteiger partial charge in [0.2, 0.25) is 0 Å². The van der Waals surface area contributed by atoms with Crippen LogP contribution in [0.4, 0.5) is 0 Å². The van der Waals surface area contributed by atoms with Crippen LogP contribution in [0, 0.1) is 0 Å². The van der Waals surface area contributed by atoms with E-state index in [9.17, 15) is 28.6 Å². The van der Waals surface area contributed by atoms with Crippen molar-refractivity contribution in [2.24, 2.45) is 5.73 Å². The van der Waals surface area contributed by atoms with E-state index >= 15 is 0 Å². The first kappa shape index (κ1) is 48.4. The van der Waals surface area contributed by atoms with Crippen molar-refractivity contribution in [3.8, 4) is 0 Å². The highest BCUT2D eigenvalue weighted by molar-refractivity contribution is 7.47. The lowest BCUT2D eigenvalue weighted by molar-refractivity contribution is -0.161. The first-order valence-corrected chi connectivity index (χ1v) is 20.5. The van der Waals surface area contributed by atoms with Crippen molar-refractivity contribution in [2.45, 2.75) is 161 Å². The number of unbranched alkanes of at least 4 members (excludes halogenated alkanes) is 14. The maximum atomic E-state index is 12.5. The van der Waals surface area contributed by atoms with Crippen molar-refractivity contribution in [1.82, 2.24) is 0 Å². The average molecular weight is 744 g/mol. The molecule has 0 aliphatic rings. The second-order valence-corrected chi connectivity index (χ2v) is 14.2. The van der Waals surface area contributed by atoms with Gasteiger partial charge in [-0.3, -0.25) is 28.2 Å². The molecule has 0 heterocycles. The summed E-state index contributed by atoms with van der Waals surface area (Å²) in [4.78, 5) is 57.7. The zero-order chi connectivity index (χ0) is 38.0. The number of esters is 2. The third kappa shape index (κ3) is 33.0. The summed E-state index contributed by atoms with van der Waals surface area (Å²) in [7, 11) is -4.74. The number of ether oxygens (including phenoxy) is 2. The number of rotatable bonds is 35. The molecule has 0 spiro atoms. The van der Waals surface area contributed by atoms with Gasteiger partial charge in [-0.25, -0.2) is 4.57 Å². The summed E-state index contributed by atoms with van der Waals surface area (Å²) in [6.07, 6.45) is 29.0. The summed E-state index contributed by atoms with van der Waals surface area (Å²) in [5.74, 6) is -2.41. The van der Waals surface area contributed by atoms with E-state index in [-0.39, 0.29) is 18.6 Å². The zero-order valence-electron chi connectivity index (χ0n) is 31.2. The summed E-state index contributed by atoms with van der Waals surface area (Å²) in [5.41, 5.74) is 5.30. The fraction of sp³-hybridized carbons (Fsp3) is 0.737. The topological polar surface area (TPSA) is 189 Å². The number of carboxylic acids is 1. The van der Waals surface area contributed by atoms with Gasteiger partial charge in [0.15, 0.2) is 11.9 Å². The van der Waals surface area contributed by atoms with Gasteiger partial charge in [-0.15, -0.1) is 0 Å². The fourth-order valence-electron chi connectivity index (χ4n) is 4.73. The van der Waals surface area contributed by atoms with E-state index in [0.717, 1.165) is 77.0 Å². The lowest BCUT2D eigenvalue weighted by Crippen LogP contribution is -2.34. The normalized spacial score (nSPS) is 14.2. The highest BCUT2D eigenvalue weighted by Gasteiger charge is 2.28. The molecule has 13 heteroatoms. The second kappa shape index (κ2) is 33.2. The van der Waals surface area contributed by atoms with E-state index < -0.39 is 57.7 Å². The largest absolute Gasteiger partial charge is 0.480 e. The molecule has 0 bridgehead atoms. The molecule has 51 heavy (non-hydrogen) atoms. The molecular weight excluding hydrogens is 677 g/mol. The number of carboxylic acid groups (broad SMARTS) is 1. The number of allylic oxidation sites excluding steroid dienone is 6. The number of hydrogen-bond acceptors (Lipinski definition) is 10. The summed E-state index contributed by atoms with van der Waals surface area (Å²) < 4.78 is 32.4. The predicted molar refractivity (Wildman–Crippen MR) is 199 cm³/mol. The molecule has 0 fully saturated rings. The van der Waals surface area contributed by atoms with Crippen LogP contribution in [0.15, 0.2) is 36.5 Å². The molecule has 3 atom stereocenters. The minimum absolute atomic E-state index is 0.0978. The minimum atomic E-state index is -4.74. The van der Waals surface area contributed by atoms with Crippen molar-refractivity contribution in [1.29, 1.82) is 0 Å². The Morgan fingerprint density at radius 2 is 1.18 bits per heavy atom. The van der Waals surface area contributed by atoms with Crippen molar-refractivity contribution >= 4 is 31.5 Å². The highest BCUT2D eigenvalue weighted by Crippen LogP contribution is 2.43. The standard InChI is InChI=1S/C38H66NO11P/c1-3-5-7-9-11-12-13-14-16-20-25-29-37(42)50-34(31-48-51(45,46)49-32-35(39)38(43)44)30-47-36(41)28-24-21-17-19-23-27-33(40)26-22-18-15-10-8-6-4-2/h9,11,15,18,22,26,34-35H,3-8,10,12-14,16-17,19-21,23-25,27-32,39H2,1-2H3,(H,43,44)(H,45,46)/b11-9-,18-15-,26-22+/t34-,35+/m1/s1. The fourth-order valence-corrected chi connectivity index (χ4v) is 5.51. The lowest BCUT2D eigenvalue weighted by Gasteiger charge is -2.20. The van der Waals surface area contributed by atoms with Crippen LogP contribution in [-0.2, 0) is 42.3 Å². The Morgan fingerprint density at radius 3 is 1.82 bits per heavy atom. The number of hydrogen-bond donors (Lipinski definition) is 3. The van der Waals surface area contributed by atoms with Crippen molar-refractivity contribution in [3.05, 3.63) is 36.5 Å². The molecule has 0 aliphatic heterocycles. The van der Waals surface area contributed by atoms with Gasteiger partial charge in [-0.05, 0) is 57.4 Å². The van der Waals surface area contributed by atoms with E-state index in [1.165, 1.54) is 25.7 Å². The van der Waals surface area contributed by atoms with Crippen LogP contribution in [0.3, 0.4) is 0 Å². The molecule has 12 nitrogen and oxygen atoms in total. The van der Waals surface area contributed by atoms with Gasteiger partial charge < -0.3 is 25.2 Å². The predicted octanol–water partition coefficient (Wildman–Crippen LogP) is 8.46. The van der Waals surface area contributed by atoms with Crippen LogP contribution < -0.4 is 5.73 Å². The van der Waals surface area contributed by atoms with Gasteiger partial charge in [-0.1, -0.05) is 108 Å². The van der Waals surface area contributed by atoms with E-state index in [1.807, 2.05) is 6.08 Å². The maximum absolute atomic E-state index is 12.5. The molecule has 0 aromatic rings. The molecule has 0 aromatic heterocycles. The molecule has 0 radical (unpaired) electrons. The van der Waals surface area contributed by atoms with Crippen LogP contribution in [-0.4, -0.2) is 65.7 Å². The maximum Gasteiger partial charge on any atom is 0.472 e. The van der Waals surface area contributed by atoms with Crippen LogP contribution >= 0.6 is 7.82 Å². The van der Waals surface area contributed by atoms with Crippen LogP contribution in [0.5, 0.6) is 0 Å². The van der Waals surface area contributed by atoms with Gasteiger partial charge in [0.25, 0.3) is 0 Å². The van der Waals surface area contributed by atoms with Crippen molar-refractivity contribution < 1.29 is 52.3 Å². The summed E-state index contributed by atoms with van der Waals surface area (Å²) in [6, 6.07) is -1.54. The quantitative estimate of drug-likeness (QED) is 0.0140. The lowest BCUT2D eigenvalue weighted by atomic mass is 10.1. The minimum Gasteiger partial charge on any atom is -0.480 e. The smallest absolute Gasteiger partial charge is 0.472 e. The molecule has 0 rings (SSSR count). The third-order valence-corrected chi connectivity index (χ3v) is 8.79. The van der Waals surface area contributed by atoms with E-state index in [2.05, 4.69) is 36.6 Å². The van der Waals surface area contributed by atoms with Crippen molar-refractivity contribution in [3.63, 3.8) is 0 Å². The Morgan fingerprint density at radius 1 is 0.647 bits per heavy atom. The number of phosphoric ester groups is 1. The molecular formula is C38H66NO11P. The second-order valence-electron chi connectivity index (χ2n) is 12.7. The van der Waals surface area contributed by atoms with Crippen molar-refractivity contribution in [2.75, 3.05) is 19.8 Å². The molecule has 0 aliphatic carbocycles. The Bertz CT molecular complexity index is 1080. The van der Waals surface area contributed by atoms with E-state index in [1.54, 1.807) is 12.2 Å². The van der Waals surface area contributed by atoms with Crippen LogP contribution in [0.25, 0.3) is 0 Å². The SMILES string of the molecule is CCCC/C=C\CCCCCCCC(=O)O[C@H](COC(=O)CCCCCCCC(=O)/C=C/C=C\CCCCC)COP(=O)(O)OC[C@H](N)C(=O)O. The number of aliphatic carboxylic acids is 1. The molecule has 294 valence electrons. The molecule has 0 amide bonds. The summed E-state index contributed by atoms with van der Waals surface area (Å²) >= 11 is 0. The highest BCUT2D eigenvalue weighted by atomic mass is 31.2. The number of ketones is 1. The number of carbonyl (C=O) groups excluding carboxylic acids is 3. The molecule has 4 N–H and O–H groups in total. The molecule has 0 saturated heterocycles. The first-order chi connectivity index (χ1) is 24.5. The van der Waals surface area contributed by atoms with Crippen LogP contribution in [0.2, 0.25) is 0 Å². The Kier molecular flexibility index (Phi) is 31.5. The molecule has 1 unspecified atom stereocenters. The average Bonchev–Trinajstić information content (AvgIpc) is 3.09. The molecule has 0 saturated carbocycles. The Balaban J connectivity index is 4.53. The number of carbonyl (C=O) groups is 4. The first-order valence-electron chi connectivity index (χ1n) is 19.0. The number of nitrogens with two attached hydrogens (primary N) is 1. The van der Waals surface area contributed by atoms with E-state index in [4.69, 9.17) is 24.8 Å². The third-order valence-electron chi connectivity index (χ3n) is 7.84. The van der Waals surface area contributed by atoms with Gasteiger partial charge in [0.1, 0.15) is 12.6 Å². The Hall–Kier alpha value is -2.63. The summed E-state index contributed by atoms with van der Waals surface area (Å²) in [6.45, 7) is 2.55. The van der Waals surface area contributed by atoms with Gasteiger partial charge >= 0.3 is 25.7 Å².